The molecular formula is C19H22F2N4O2. The predicted octanol–water partition coefficient (Wildman–Crippen LogP) is 3.04. The van der Waals surface area contributed by atoms with E-state index in [0.29, 0.717) is 43.1 Å². The van der Waals surface area contributed by atoms with Crippen molar-refractivity contribution in [2.75, 3.05) is 29.4 Å². The number of hydrogen-bond donors (Lipinski definition) is 1. The van der Waals surface area contributed by atoms with Crippen LogP contribution in [0.4, 0.5) is 20.4 Å². The SMILES string of the molecule is CC1CCCN1c1nc(N2CC3C(CC(=O)O)C3C2)cc(C(F)F)c1C#N. The number of aromatic nitrogens is 1. The first kappa shape index (κ1) is 18.0. The van der Waals surface area contributed by atoms with Gasteiger partial charge in [0, 0.05) is 37.7 Å². The molecule has 27 heavy (non-hydrogen) atoms. The zero-order chi connectivity index (χ0) is 19.3. The van der Waals surface area contributed by atoms with Crippen LogP contribution in [-0.2, 0) is 4.79 Å². The topological polar surface area (TPSA) is 80.5 Å². The predicted molar refractivity (Wildman–Crippen MR) is 94.9 cm³/mol. The summed E-state index contributed by atoms with van der Waals surface area (Å²) in [6, 6.07) is 3.44. The number of nitrogens with zero attached hydrogens (tertiary/aromatic N) is 4. The van der Waals surface area contributed by atoms with Gasteiger partial charge in [-0.25, -0.2) is 13.8 Å². The summed E-state index contributed by atoms with van der Waals surface area (Å²) in [6.07, 6.45) is -0.670. The number of carbonyl (C=O) groups is 1. The summed E-state index contributed by atoms with van der Waals surface area (Å²) in [5, 5.41) is 18.5. The van der Waals surface area contributed by atoms with Crippen molar-refractivity contribution in [1.29, 1.82) is 5.26 Å². The molecule has 3 fully saturated rings. The van der Waals surface area contributed by atoms with Gasteiger partial charge >= 0.3 is 5.97 Å². The normalized spacial score (nSPS) is 29.1. The molecule has 2 saturated heterocycles. The molecule has 1 aliphatic carbocycles. The summed E-state index contributed by atoms with van der Waals surface area (Å²) in [6.45, 7) is 4.01. The number of fused-ring (bicyclic) bond motifs is 1. The van der Waals surface area contributed by atoms with Gasteiger partial charge in [-0.15, -0.1) is 0 Å². The van der Waals surface area contributed by atoms with Crippen molar-refractivity contribution in [3.63, 3.8) is 0 Å². The second-order valence-electron chi connectivity index (χ2n) is 7.86. The highest BCUT2D eigenvalue weighted by Crippen LogP contribution is 2.54. The fourth-order valence-electron chi connectivity index (χ4n) is 4.78. The van der Waals surface area contributed by atoms with E-state index in [2.05, 4.69) is 4.98 Å². The lowest BCUT2D eigenvalue weighted by Gasteiger charge is -2.28. The van der Waals surface area contributed by atoms with Crippen LogP contribution in [0.1, 0.15) is 43.7 Å². The molecule has 3 aliphatic rings. The van der Waals surface area contributed by atoms with E-state index in [-0.39, 0.29) is 29.5 Å². The standard InChI is InChI=1S/C19H22F2N4O2/c1-10-3-2-4-25(10)19-13(7-22)12(18(20)21)5-16(23-19)24-8-14-11(6-17(26)27)15(14)9-24/h5,10-11,14-15,18H,2-4,6,8-9H2,1H3,(H,26,27). The summed E-state index contributed by atoms with van der Waals surface area (Å²) in [7, 11) is 0. The monoisotopic (exact) mass is 376 g/mol. The smallest absolute Gasteiger partial charge is 0.303 e. The van der Waals surface area contributed by atoms with Crippen molar-refractivity contribution in [3.8, 4) is 6.07 Å². The number of hydrogen-bond acceptors (Lipinski definition) is 5. The summed E-state index contributed by atoms with van der Waals surface area (Å²) < 4.78 is 27.3. The van der Waals surface area contributed by atoms with E-state index in [1.807, 2.05) is 22.8 Å². The third-order valence-electron chi connectivity index (χ3n) is 6.29. The van der Waals surface area contributed by atoms with E-state index in [9.17, 15) is 18.8 Å². The van der Waals surface area contributed by atoms with Gasteiger partial charge in [0.25, 0.3) is 6.43 Å². The molecule has 2 aliphatic heterocycles. The molecule has 3 unspecified atom stereocenters. The first-order valence-corrected chi connectivity index (χ1v) is 9.37. The maximum absolute atomic E-state index is 13.7. The lowest BCUT2D eigenvalue weighted by Crippen LogP contribution is -2.31. The second kappa shape index (κ2) is 6.63. The Morgan fingerprint density at radius 1 is 1.44 bits per heavy atom. The highest BCUT2D eigenvalue weighted by molar-refractivity contribution is 5.68. The van der Waals surface area contributed by atoms with Crippen molar-refractivity contribution < 1.29 is 18.7 Å². The molecule has 3 atom stereocenters. The van der Waals surface area contributed by atoms with E-state index in [1.54, 1.807) is 0 Å². The summed E-state index contributed by atoms with van der Waals surface area (Å²) in [4.78, 5) is 19.4. The first-order chi connectivity index (χ1) is 12.9. The lowest BCUT2D eigenvalue weighted by molar-refractivity contribution is -0.137. The quantitative estimate of drug-likeness (QED) is 0.851. The van der Waals surface area contributed by atoms with E-state index in [1.165, 1.54) is 6.07 Å². The summed E-state index contributed by atoms with van der Waals surface area (Å²) in [5.74, 6) is 0.815. The van der Waals surface area contributed by atoms with Gasteiger partial charge in [0.15, 0.2) is 0 Å². The third-order valence-corrected chi connectivity index (χ3v) is 6.29. The average Bonchev–Trinajstić information content (AvgIpc) is 3.00. The number of carboxylic acid groups (broad SMARTS) is 1. The van der Waals surface area contributed by atoms with E-state index in [0.717, 1.165) is 12.8 Å². The molecule has 1 saturated carbocycles. The molecule has 0 amide bonds. The van der Waals surface area contributed by atoms with Crippen LogP contribution in [0.15, 0.2) is 6.07 Å². The van der Waals surface area contributed by atoms with Crippen molar-refractivity contribution in [2.24, 2.45) is 17.8 Å². The highest BCUT2D eigenvalue weighted by atomic mass is 19.3. The first-order valence-electron chi connectivity index (χ1n) is 9.37. The molecule has 0 radical (unpaired) electrons. The largest absolute Gasteiger partial charge is 0.481 e. The molecule has 144 valence electrons. The molecule has 4 rings (SSSR count). The minimum atomic E-state index is -2.74. The fraction of sp³-hybridized carbons (Fsp3) is 0.632. The molecule has 0 bridgehead atoms. The van der Waals surface area contributed by atoms with Crippen LogP contribution >= 0.6 is 0 Å². The maximum atomic E-state index is 13.7. The molecule has 0 spiro atoms. The van der Waals surface area contributed by atoms with Gasteiger partial charge in [0.2, 0.25) is 0 Å². The van der Waals surface area contributed by atoms with Crippen LogP contribution in [-0.4, -0.2) is 41.7 Å². The van der Waals surface area contributed by atoms with Crippen LogP contribution < -0.4 is 9.80 Å². The Kier molecular flexibility index (Phi) is 4.41. The van der Waals surface area contributed by atoms with Crippen LogP contribution in [0.5, 0.6) is 0 Å². The number of aliphatic carboxylic acids is 1. The number of anilines is 2. The molecule has 1 aromatic heterocycles. The van der Waals surface area contributed by atoms with Crippen LogP contribution in [0.2, 0.25) is 0 Å². The summed E-state index contributed by atoms with van der Waals surface area (Å²) >= 11 is 0. The van der Waals surface area contributed by atoms with Crippen LogP contribution in [0.3, 0.4) is 0 Å². The molecule has 1 aromatic rings. The number of carboxylic acids is 1. The number of piperidine rings is 1. The Morgan fingerprint density at radius 3 is 2.67 bits per heavy atom. The number of pyridine rings is 1. The lowest BCUT2D eigenvalue weighted by atomic mass is 10.1. The van der Waals surface area contributed by atoms with Crippen molar-refractivity contribution >= 4 is 17.6 Å². The van der Waals surface area contributed by atoms with Crippen molar-refractivity contribution in [1.82, 2.24) is 4.98 Å². The highest BCUT2D eigenvalue weighted by Gasteiger charge is 2.56. The Bertz CT molecular complexity index is 798. The zero-order valence-electron chi connectivity index (χ0n) is 15.1. The van der Waals surface area contributed by atoms with Gasteiger partial charge in [-0.1, -0.05) is 0 Å². The number of nitriles is 1. The zero-order valence-corrected chi connectivity index (χ0v) is 15.1. The molecule has 0 aromatic carbocycles. The van der Waals surface area contributed by atoms with Gasteiger partial charge in [-0.2, -0.15) is 5.26 Å². The van der Waals surface area contributed by atoms with Crippen molar-refractivity contribution in [2.45, 2.75) is 38.7 Å². The molecule has 6 nitrogen and oxygen atoms in total. The molecule has 8 heteroatoms. The Labute approximate surface area is 156 Å². The Balaban J connectivity index is 1.64. The second-order valence-corrected chi connectivity index (χ2v) is 7.86. The van der Waals surface area contributed by atoms with Crippen LogP contribution in [0.25, 0.3) is 0 Å². The van der Waals surface area contributed by atoms with Gasteiger partial charge in [0.05, 0.1) is 0 Å². The fourth-order valence-corrected chi connectivity index (χ4v) is 4.78. The number of rotatable bonds is 5. The van der Waals surface area contributed by atoms with E-state index >= 15 is 0 Å². The van der Waals surface area contributed by atoms with Gasteiger partial charge < -0.3 is 14.9 Å². The molecular weight excluding hydrogens is 354 g/mol. The minimum absolute atomic E-state index is 0.0318. The van der Waals surface area contributed by atoms with Gasteiger partial charge in [-0.3, -0.25) is 4.79 Å². The average molecular weight is 376 g/mol. The van der Waals surface area contributed by atoms with Gasteiger partial charge in [0.1, 0.15) is 23.3 Å². The summed E-state index contributed by atoms with van der Waals surface area (Å²) in [5.41, 5.74) is -0.296. The Morgan fingerprint density at radius 2 is 2.15 bits per heavy atom. The van der Waals surface area contributed by atoms with E-state index in [4.69, 9.17) is 5.11 Å². The van der Waals surface area contributed by atoms with Gasteiger partial charge in [-0.05, 0) is 43.6 Å². The minimum Gasteiger partial charge on any atom is -0.481 e. The maximum Gasteiger partial charge on any atom is 0.303 e. The van der Waals surface area contributed by atoms with E-state index < -0.39 is 12.4 Å². The van der Waals surface area contributed by atoms with Crippen LogP contribution in [0, 0.1) is 29.1 Å². The number of alkyl halides is 2. The third kappa shape index (κ3) is 3.09. The molecule has 3 heterocycles. The van der Waals surface area contributed by atoms with Crippen molar-refractivity contribution in [3.05, 3.63) is 17.2 Å². The number of halogens is 2. The Hall–Kier alpha value is -2.43. The molecule has 1 N–H and O–H groups in total.